The summed E-state index contributed by atoms with van der Waals surface area (Å²) in [4.78, 5) is 6.98. The summed E-state index contributed by atoms with van der Waals surface area (Å²) in [6.07, 6.45) is 1.66. The number of aliphatic hydroxyl groups is 1. The van der Waals surface area contributed by atoms with Gasteiger partial charge < -0.3 is 10.4 Å². The zero-order valence-electron chi connectivity index (χ0n) is 15.8. The summed E-state index contributed by atoms with van der Waals surface area (Å²) in [6.45, 7) is 6.72. The van der Waals surface area contributed by atoms with Gasteiger partial charge in [-0.1, -0.05) is 30.3 Å². The molecule has 27 heavy (non-hydrogen) atoms. The summed E-state index contributed by atoms with van der Waals surface area (Å²) < 4.78 is 1.26. The lowest BCUT2D eigenvalue weighted by Gasteiger charge is -2.30. The molecule has 1 aromatic heterocycles. The van der Waals surface area contributed by atoms with E-state index in [0.29, 0.717) is 0 Å². The van der Waals surface area contributed by atoms with Crippen LogP contribution in [0.15, 0.2) is 42.5 Å². The van der Waals surface area contributed by atoms with Gasteiger partial charge in [0.05, 0.1) is 21.3 Å². The van der Waals surface area contributed by atoms with Crippen molar-refractivity contribution in [2.45, 2.75) is 45.5 Å². The molecule has 0 unspecified atom stereocenters. The van der Waals surface area contributed by atoms with Gasteiger partial charge in [0, 0.05) is 32.7 Å². The molecule has 0 aliphatic carbocycles. The van der Waals surface area contributed by atoms with Gasteiger partial charge in [-0.15, -0.1) is 11.3 Å². The highest BCUT2D eigenvalue weighted by atomic mass is 32.1. The van der Waals surface area contributed by atoms with Crippen LogP contribution in [-0.4, -0.2) is 34.2 Å². The molecule has 0 bridgehead atoms. The van der Waals surface area contributed by atoms with E-state index in [1.807, 2.05) is 0 Å². The number of piperidine rings is 1. The van der Waals surface area contributed by atoms with Crippen LogP contribution >= 0.6 is 11.3 Å². The molecule has 0 saturated carbocycles. The Hall–Kier alpha value is -1.79. The Morgan fingerprint density at radius 1 is 1.11 bits per heavy atom. The number of aliphatic hydroxyl groups excluding tert-OH is 1. The van der Waals surface area contributed by atoms with Crippen LogP contribution in [-0.2, 0) is 19.6 Å². The van der Waals surface area contributed by atoms with Crippen molar-refractivity contribution < 1.29 is 5.11 Å². The molecule has 4 rings (SSSR count). The van der Waals surface area contributed by atoms with Gasteiger partial charge in [0.2, 0.25) is 0 Å². The van der Waals surface area contributed by atoms with Crippen LogP contribution in [0, 0.1) is 6.92 Å². The van der Waals surface area contributed by atoms with E-state index in [1.165, 1.54) is 21.4 Å². The third kappa shape index (κ3) is 4.74. The average molecular weight is 382 g/mol. The zero-order chi connectivity index (χ0) is 18.6. The number of thiazole rings is 1. The number of likely N-dealkylation sites (tertiary alicyclic amines) is 1. The van der Waals surface area contributed by atoms with Gasteiger partial charge >= 0.3 is 0 Å². The standard InChI is InChI=1S/C22H27N3OS/c1-16-24-21-7-6-17(12-22(21)27-16)13-23-14-18-4-2-3-5-19(18)15-25-10-8-20(26)9-11-25/h2-7,12,20,23,26H,8-11,13-15H2,1H3. The minimum atomic E-state index is -0.113. The van der Waals surface area contributed by atoms with E-state index in [0.717, 1.165) is 56.1 Å². The second-order valence-corrected chi connectivity index (χ2v) is 8.65. The Bertz CT molecular complexity index is 899. The molecule has 1 saturated heterocycles. The Kier molecular flexibility index (Phi) is 5.83. The zero-order valence-corrected chi connectivity index (χ0v) is 16.6. The second-order valence-electron chi connectivity index (χ2n) is 7.41. The van der Waals surface area contributed by atoms with Gasteiger partial charge in [-0.2, -0.15) is 0 Å². The van der Waals surface area contributed by atoms with Gasteiger partial charge in [-0.05, 0) is 48.6 Å². The summed E-state index contributed by atoms with van der Waals surface area (Å²) in [5.41, 5.74) is 5.14. The summed E-state index contributed by atoms with van der Waals surface area (Å²) in [7, 11) is 0. The normalized spacial score (nSPS) is 16.2. The molecule has 5 heteroatoms. The fraction of sp³-hybridized carbons (Fsp3) is 0.409. The molecule has 1 aliphatic heterocycles. The van der Waals surface area contributed by atoms with Crippen LogP contribution in [0.4, 0.5) is 0 Å². The third-order valence-electron chi connectivity index (χ3n) is 5.27. The number of aromatic nitrogens is 1. The number of rotatable bonds is 6. The van der Waals surface area contributed by atoms with Crippen LogP contribution in [0.2, 0.25) is 0 Å². The smallest absolute Gasteiger partial charge is 0.0907 e. The summed E-state index contributed by atoms with van der Waals surface area (Å²) >= 11 is 1.76. The molecule has 0 amide bonds. The molecule has 0 atom stereocenters. The molecule has 2 heterocycles. The van der Waals surface area contributed by atoms with Crippen molar-refractivity contribution in [1.29, 1.82) is 0 Å². The van der Waals surface area contributed by atoms with E-state index < -0.39 is 0 Å². The number of nitrogens with one attached hydrogen (secondary N) is 1. The van der Waals surface area contributed by atoms with Crippen molar-refractivity contribution in [3.63, 3.8) is 0 Å². The molecule has 142 valence electrons. The maximum absolute atomic E-state index is 9.70. The molecule has 2 N–H and O–H groups in total. The first kappa shape index (κ1) is 18.6. The molecule has 1 fully saturated rings. The van der Waals surface area contributed by atoms with Crippen molar-refractivity contribution >= 4 is 21.6 Å². The number of benzene rings is 2. The van der Waals surface area contributed by atoms with Crippen molar-refractivity contribution in [2.24, 2.45) is 0 Å². The minimum absolute atomic E-state index is 0.113. The SMILES string of the molecule is Cc1nc2ccc(CNCc3ccccc3CN3CCC(O)CC3)cc2s1. The van der Waals surface area contributed by atoms with Crippen molar-refractivity contribution in [3.05, 3.63) is 64.2 Å². The van der Waals surface area contributed by atoms with Crippen LogP contribution in [0.5, 0.6) is 0 Å². The first-order valence-corrected chi connectivity index (χ1v) is 10.5. The van der Waals surface area contributed by atoms with E-state index in [2.05, 4.69) is 64.6 Å². The molecule has 0 radical (unpaired) electrons. The highest BCUT2D eigenvalue weighted by Crippen LogP contribution is 2.23. The first-order chi connectivity index (χ1) is 13.2. The predicted octanol–water partition coefficient (Wildman–Crippen LogP) is 3.85. The van der Waals surface area contributed by atoms with Gasteiger partial charge in [-0.25, -0.2) is 4.98 Å². The molecule has 1 aliphatic rings. The number of hydrogen-bond acceptors (Lipinski definition) is 5. The molecule has 0 spiro atoms. The van der Waals surface area contributed by atoms with Gasteiger partial charge in [0.25, 0.3) is 0 Å². The Morgan fingerprint density at radius 2 is 1.89 bits per heavy atom. The number of aryl methyl sites for hydroxylation is 1. The summed E-state index contributed by atoms with van der Waals surface area (Å²) in [6, 6.07) is 15.2. The maximum atomic E-state index is 9.70. The Labute approximate surface area is 164 Å². The minimum Gasteiger partial charge on any atom is -0.393 e. The van der Waals surface area contributed by atoms with Gasteiger partial charge in [0.15, 0.2) is 0 Å². The number of hydrogen-bond donors (Lipinski definition) is 2. The molecule has 2 aromatic carbocycles. The average Bonchev–Trinajstić information content (AvgIpc) is 3.04. The van der Waals surface area contributed by atoms with E-state index in [1.54, 1.807) is 11.3 Å². The summed E-state index contributed by atoms with van der Waals surface area (Å²) in [5, 5.41) is 14.4. The summed E-state index contributed by atoms with van der Waals surface area (Å²) in [5.74, 6) is 0. The van der Waals surface area contributed by atoms with E-state index in [9.17, 15) is 5.11 Å². The highest BCUT2D eigenvalue weighted by molar-refractivity contribution is 7.18. The lowest BCUT2D eigenvalue weighted by Crippen LogP contribution is -2.35. The van der Waals surface area contributed by atoms with Crippen molar-refractivity contribution in [2.75, 3.05) is 13.1 Å². The van der Waals surface area contributed by atoms with E-state index in [4.69, 9.17) is 0 Å². The predicted molar refractivity (Wildman–Crippen MR) is 112 cm³/mol. The topological polar surface area (TPSA) is 48.4 Å². The van der Waals surface area contributed by atoms with Gasteiger partial charge in [0.1, 0.15) is 0 Å². The van der Waals surface area contributed by atoms with Crippen LogP contribution in [0.25, 0.3) is 10.2 Å². The molecular weight excluding hydrogens is 354 g/mol. The Balaban J connectivity index is 1.36. The lowest BCUT2D eigenvalue weighted by molar-refractivity contribution is 0.0791. The largest absolute Gasteiger partial charge is 0.393 e. The van der Waals surface area contributed by atoms with Crippen LogP contribution < -0.4 is 5.32 Å². The quantitative estimate of drug-likeness (QED) is 0.681. The number of fused-ring (bicyclic) bond motifs is 1. The second kappa shape index (κ2) is 8.48. The lowest BCUT2D eigenvalue weighted by atomic mass is 10.0. The van der Waals surface area contributed by atoms with Crippen LogP contribution in [0.3, 0.4) is 0 Å². The van der Waals surface area contributed by atoms with Crippen LogP contribution in [0.1, 0.15) is 34.5 Å². The molecule has 3 aromatic rings. The monoisotopic (exact) mass is 381 g/mol. The number of nitrogens with zero attached hydrogens (tertiary/aromatic N) is 2. The third-order valence-corrected chi connectivity index (χ3v) is 6.21. The molecular formula is C22H27N3OS. The fourth-order valence-corrected chi connectivity index (χ4v) is 4.63. The van der Waals surface area contributed by atoms with E-state index in [-0.39, 0.29) is 6.10 Å². The van der Waals surface area contributed by atoms with Crippen molar-refractivity contribution in [3.8, 4) is 0 Å². The van der Waals surface area contributed by atoms with Crippen molar-refractivity contribution in [1.82, 2.24) is 15.2 Å². The first-order valence-electron chi connectivity index (χ1n) is 9.71. The highest BCUT2D eigenvalue weighted by Gasteiger charge is 2.17. The van der Waals surface area contributed by atoms with Gasteiger partial charge in [-0.3, -0.25) is 4.90 Å². The molecule has 4 nitrogen and oxygen atoms in total. The van der Waals surface area contributed by atoms with E-state index >= 15 is 0 Å². The Morgan fingerprint density at radius 3 is 2.70 bits per heavy atom. The maximum Gasteiger partial charge on any atom is 0.0907 e. The fourth-order valence-electron chi connectivity index (χ4n) is 3.74.